The van der Waals surface area contributed by atoms with E-state index in [-0.39, 0.29) is 0 Å². The lowest BCUT2D eigenvalue weighted by atomic mass is 10.2. The predicted octanol–water partition coefficient (Wildman–Crippen LogP) is 3.68. The van der Waals surface area contributed by atoms with Crippen LogP contribution in [0.1, 0.15) is 0 Å². The molecule has 0 amide bonds. The van der Waals surface area contributed by atoms with Gasteiger partial charge in [-0.25, -0.2) is 0 Å². The summed E-state index contributed by atoms with van der Waals surface area (Å²) in [4.78, 5) is 2.07. The lowest BCUT2D eigenvalue weighted by Gasteiger charge is -2.19. The topological polar surface area (TPSA) is 41.3 Å². The van der Waals surface area contributed by atoms with Gasteiger partial charge in [0.2, 0.25) is 0 Å². The lowest BCUT2D eigenvalue weighted by molar-refractivity contribution is 1.13. The van der Waals surface area contributed by atoms with Crippen molar-refractivity contribution in [1.82, 2.24) is 0 Å². The second-order valence-corrected chi connectivity index (χ2v) is 5.51. The number of nitrogens with one attached hydrogen (secondary N) is 1. The molecule has 94 valence electrons. The highest BCUT2D eigenvalue weighted by molar-refractivity contribution is 14.1. The molecule has 0 bridgehead atoms. The van der Waals surface area contributed by atoms with Gasteiger partial charge in [0.05, 0.1) is 22.7 Å². The van der Waals surface area contributed by atoms with Gasteiger partial charge in [0.15, 0.2) is 0 Å². The van der Waals surface area contributed by atoms with E-state index in [1.165, 1.54) is 0 Å². The number of anilines is 4. The van der Waals surface area contributed by atoms with E-state index in [1.54, 1.807) is 0 Å². The summed E-state index contributed by atoms with van der Waals surface area (Å²) in [6.07, 6.45) is 0. The van der Waals surface area contributed by atoms with E-state index in [0.717, 1.165) is 26.3 Å². The average Bonchev–Trinajstić information content (AvgIpc) is 2.33. The molecule has 2 rings (SSSR count). The Kier molecular flexibility index (Phi) is 3.96. The van der Waals surface area contributed by atoms with E-state index in [4.69, 9.17) is 5.73 Å². The number of nitrogen functional groups attached to an aromatic ring is 1. The summed E-state index contributed by atoms with van der Waals surface area (Å²) < 4.78 is 1.14. The third-order valence-electron chi connectivity index (χ3n) is 2.67. The molecule has 0 heterocycles. The molecule has 0 atom stereocenters. The van der Waals surface area contributed by atoms with Crippen LogP contribution in [-0.4, -0.2) is 14.1 Å². The number of halogens is 1. The van der Waals surface area contributed by atoms with Crippen molar-refractivity contribution in [2.75, 3.05) is 30.0 Å². The fourth-order valence-corrected chi connectivity index (χ4v) is 2.28. The molecular formula is C14H16IN3. The molecule has 3 nitrogen and oxygen atoms in total. The molecule has 0 saturated carbocycles. The molecule has 0 saturated heterocycles. The number of hydrogen-bond acceptors (Lipinski definition) is 3. The zero-order valence-electron chi connectivity index (χ0n) is 10.4. The molecule has 0 fully saturated rings. The van der Waals surface area contributed by atoms with Crippen molar-refractivity contribution in [1.29, 1.82) is 0 Å². The monoisotopic (exact) mass is 353 g/mol. The van der Waals surface area contributed by atoms with Gasteiger partial charge in [-0.1, -0.05) is 12.1 Å². The van der Waals surface area contributed by atoms with Crippen LogP contribution in [0.3, 0.4) is 0 Å². The lowest BCUT2D eigenvalue weighted by Crippen LogP contribution is -2.11. The maximum absolute atomic E-state index is 6.01. The normalized spacial score (nSPS) is 10.2. The first kappa shape index (κ1) is 13.0. The van der Waals surface area contributed by atoms with Gasteiger partial charge in [-0.2, -0.15) is 0 Å². The molecule has 0 aliphatic rings. The molecule has 2 aromatic carbocycles. The molecule has 2 aromatic rings. The van der Waals surface area contributed by atoms with Crippen LogP contribution in [0.15, 0.2) is 42.5 Å². The molecular weight excluding hydrogens is 337 g/mol. The summed E-state index contributed by atoms with van der Waals surface area (Å²) in [6.45, 7) is 0. The Morgan fingerprint density at radius 3 is 2.44 bits per heavy atom. The first-order valence-corrected chi connectivity index (χ1v) is 6.74. The second kappa shape index (κ2) is 5.48. The van der Waals surface area contributed by atoms with Crippen LogP contribution in [0.2, 0.25) is 0 Å². The van der Waals surface area contributed by atoms with Gasteiger partial charge < -0.3 is 16.0 Å². The summed E-state index contributed by atoms with van der Waals surface area (Å²) in [6, 6.07) is 14.2. The largest absolute Gasteiger partial charge is 0.397 e. The number of hydrogen-bond donors (Lipinski definition) is 2. The molecule has 0 radical (unpaired) electrons. The quantitative estimate of drug-likeness (QED) is 0.653. The first-order chi connectivity index (χ1) is 8.58. The Morgan fingerprint density at radius 2 is 1.78 bits per heavy atom. The SMILES string of the molecule is CN(C)c1ccccc1Nc1ccc(I)cc1N. The average molecular weight is 353 g/mol. The number of para-hydroxylation sites is 2. The molecule has 0 aromatic heterocycles. The smallest absolute Gasteiger partial charge is 0.0622 e. The van der Waals surface area contributed by atoms with Crippen LogP contribution in [0.4, 0.5) is 22.7 Å². The van der Waals surface area contributed by atoms with Crippen LogP contribution in [0.25, 0.3) is 0 Å². The Bertz CT molecular complexity index is 552. The van der Waals surface area contributed by atoms with Crippen LogP contribution >= 0.6 is 22.6 Å². The van der Waals surface area contributed by atoms with Crippen molar-refractivity contribution in [2.45, 2.75) is 0 Å². The molecule has 3 N–H and O–H groups in total. The fourth-order valence-electron chi connectivity index (χ4n) is 1.76. The van der Waals surface area contributed by atoms with Crippen molar-refractivity contribution in [2.24, 2.45) is 0 Å². The highest BCUT2D eigenvalue weighted by Gasteiger charge is 2.05. The highest BCUT2D eigenvalue weighted by atomic mass is 127. The number of nitrogens with zero attached hydrogens (tertiary/aromatic N) is 1. The molecule has 18 heavy (non-hydrogen) atoms. The van der Waals surface area contributed by atoms with Crippen molar-refractivity contribution < 1.29 is 0 Å². The van der Waals surface area contributed by atoms with E-state index in [0.29, 0.717) is 0 Å². The number of benzene rings is 2. The maximum Gasteiger partial charge on any atom is 0.0622 e. The van der Waals surface area contributed by atoms with E-state index in [9.17, 15) is 0 Å². The van der Waals surface area contributed by atoms with Gasteiger partial charge >= 0.3 is 0 Å². The molecule has 4 heteroatoms. The summed E-state index contributed by atoms with van der Waals surface area (Å²) in [7, 11) is 4.05. The number of nitrogens with two attached hydrogens (primary N) is 1. The van der Waals surface area contributed by atoms with Crippen LogP contribution in [0, 0.1) is 3.57 Å². The molecule has 0 spiro atoms. The molecule has 0 aliphatic heterocycles. The van der Waals surface area contributed by atoms with Crippen LogP contribution < -0.4 is 16.0 Å². The van der Waals surface area contributed by atoms with Crippen molar-refractivity contribution in [3.63, 3.8) is 0 Å². The van der Waals surface area contributed by atoms with Crippen LogP contribution in [-0.2, 0) is 0 Å². The van der Waals surface area contributed by atoms with Gasteiger partial charge in [0.25, 0.3) is 0 Å². The summed E-state index contributed by atoms with van der Waals surface area (Å²) in [5, 5.41) is 3.38. The minimum absolute atomic E-state index is 0.760. The summed E-state index contributed by atoms with van der Waals surface area (Å²) in [5.74, 6) is 0. The van der Waals surface area contributed by atoms with E-state index in [1.807, 2.05) is 50.5 Å². The Balaban J connectivity index is 2.34. The van der Waals surface area contributed by atoms with E-state index in [2.05, 4.69) is 38.9 Å². The highest BCUT2D eigenvalue weighted by Crippen LogP contribution is 2.30. The van der Waals surface area contributed by atoms with Crippen molar-refractivity contribution >= 4 is 45.3 Å². The van der Waals surface area contributed by atoms with Gasteiger partial charge in [-0.05, 0) is 52.9 Å². The van der Waals surface area contributed by atoms with E-state index < -0.39 is 0 Å². The zero-order chi connectivity index (χ0) is 13.1. The Morgan fingerprint density at radius 1 is 1.06 bits per heavy atom. The fraction of sp³-hybridized carbons (Fsp3) is 0.143. The standard InChI is InChI=1S/C14H16IN3/c1-18(2)14-6-4-3-5-13(14)17-12-8-7-10(15)9-11(12)16/h3-9,17H,16H2,1-2H3. The van der Waals surface area contributed by atoms with E-state index >= 15 is 0 Å². The zero-order valence-corrected chi connectivity index (χ0v) is 12.6. The molecule has 0 aliphatic carbocycles. The van der Waals surface area contributed by atoms with Crippen LogP contribution in [0.5, 0.6) is 0 Å². The van der Waals surface area contributed by atoms with Gasteiger partial charge in [-0.3, -0.25) is 0 Å². The van der Waals surface area contributed by atoms with Gasteiger partial charge in [-0.15, -0.1) is 0 Å². The molecule has 0 unspecified atom stereocenters. The number of rotatable bonds is 3. The third kappa shape index (κ3) is 2.87. The summed E-state index contributed by atoms with van der Waals surface area (Å²) >= 11 is 2.25. The maximum atomic E-state index is 6.01. The van der Waals surface area contributed by atoms with Gasteiger partial charge in [0, 0.05) is 17.7 Å². The van der Waals surface area contributed by atoms with Gasteiger partial charge in [0.1, 0.15) is 0 Å². The second-order valence-electron chi connectivity index (χ2n) is 4.27. The minimum Gasteiger partial charge on any atom is -0.397 e. The minimum atomic E-state index is 0.760. The summed E-state index contributed by atoms with van der Waals surface area (Å²) in [5.41, 5.74) is 9.90. The third-order valence-corrected chi connectivity index (χ3v) is 3.34. The van der Waals surface area contributed by atoms with Crippen molar-refractivity contribution in [3.05, 3.63) is 46.0 Å². The van der Waals surface area contributed by atoms with Crippen molar-refractivity contribution in [3.8, 4) is 0 Å². The Hall–Kier alpha value is -1.43. The predicted molar refractivity (Wildman–Crippen MR) is 87.6 cm³/mol. The Labute approximate surface area is 121 Å². The first-order valence-electron chi connectivity index (χ1n) is 5.66.